The smallest absolute Gasteiger partial charge is 0.475 e. The van der Waals surface area contributed by atoms with Gasteiger partial charge in [0.05, 0.1) is 12.2 Å². The van der Waals surface area contributed by atoms with Crippen molar-refractivity contribution in [1.29, 1.82) is 0 Å². The number of rotatable bonds is 10. The molecule has 1 heterocycles. The van der Waals surface area contributed by atoms with Gasteiger partial charge >= 0.3 is 18.3 Å². The number of hydrogen-bond donors (Lipinski definition) is 2. The molecule has 1 aliphatic heterocycles. The third-order valence-electron chi connectivity index (χ3n) is 4.98. The molecule has 0 amide bonds. The average molecular weight is 541 g/mol. The number of halogens is 4. The maximum atomic E-state index is 13.7. The summed E-state index contributed by atoms with van der Waals surface area (Å²) < 4.78 is 60.2. The van der Waals surface area contributed by atoms with Crippen LogP contribution in [0.15, 0.2) is 17.7 Å². The van der Waals surface area contributed by atoms with E-state index in [-0.39, 0.29) is 24.5 Å². The molecule has 0 aromatic heterocycles. The maximum Gasteiger partial charge on any atom is 0.511 e. The second kappa shape index (κ2) is 12.6. The lowest BCUT2D eigenvalue weighted by Gasteiger charge is -2.30. The summed E-state index contributed by atoms with van der Waals surface area (Å²) in [5.74, 6) is -1.46. The molecule has 0 aliphatic carbocycles. The van der Waals surface area contributed by atoms with E-state index in [9.17, 15) is 22.8 Å². The lowest BCUT2D eigenvalue weighted by molar-refractivity contribution is -0.189. The number of nitrogens with zero attached hydrogens (tertiary/aromatic N) is 1. The number of ether oxygens (including phenoxy) is 4. The Bertz CT molecular complexity index is 966. The zero-order chi connectivity index (χ0) is 27.1. The minimum Gasteiger partial charge on any atom is -0.475 e. The molecular formula is C22H28ClF3N2O8. The summed E-state index contributed by atoms with van der Waals surface area (Å²) >= 11 is 6.29. The summed E-state index contributed by atoms with van der Waals surface area (Å²) in [6.07, 6.45) is -7.70. The van der Waals surface area contributed by atoms with Gasteiger partial charge in [-0.1, -0.05) is 38.0 Å². The van der Waals surface area contributed by atoms with Crippen molar-refractivity contribution in [3.8, 4) is 5.75 Å². The summed E-state index contributed by atoms with van der Waals surface area (Å²) in [5.41, 5.74) is 0.992. The van der Waals surface area contributed by atoms with E-state index in [2.05, 4.69) is 9.57 Å². The molecule has 0 fully saturated rings. The van der Waals surface area contributed by atoms with Gasteiger partial charge < -0.3 is 23.8 Å². The zero-order valence-electron chi connectivity index (χ0n) is 20.1. The van der Waals surface area contributed by atoms with Gasteiger partial charge in [0.1, 0.15) is 12.4 Å². The molecule has 0 saturated carbocycles. The third-order valence-corrected chi connectivity index (χ3v) is 5.29. The molecule has 14 heteroatoms. The summed E-state index contributed by atoms with van der Waals surface area (Å²) in [5, 5.41) is 8.59. The molecule has 10 nitrogen and oxygen atoms in total. The number of fused-ring (bicyclic) bond motifs is 1. The standard InChI is InChI=1S/C22H28ClF3N2O8/c1-21(2,3)15-11-17-13(10-16(15)23)9-14(18(36-17)22(24,25)26)19(29)33-12-34-20(30)32-7-5-28(4)6-8-35-27-31/h9-11,18,27,31H,5-8,12H2,1-4H3. The van der Waals surface area contributed by atoms with E-state index in [1.807, 2.05) is 20.8 Å². The van der Waals surface area contributed by atoms with Crippen molar-refractivity contribution >= 4 is 29.8 Å². The van der Waals surface area contributed by atoms with Crippen LogP contribution in [0.25, 0.3) is 6.08 Å². The summed E-state index contributed by atoms with van der Waals surface area (Å²) in [6, 6.07) is 2.83. The topological polar surface area (TPSA) is 116 Å². The van der Waals surface area contributed by atoms with Crippen LogP contribution < -0.4 is 10.4 Å². The van der Waals surface area contributed by atoms with E-state index in [4.69, 9.17) is 31.0 Å². The van der Waals surface area contributed by atoms with Crippen LogP contribution in [0.3, 0.4) is 0 Å². The molecule has 1 aliphatic rings. The molecular weight excluding hydrogens is 513 g/mol. The Kier molecular flexibility index (Phi) is 10.4. The molecule has 1 atom stereocenters. The molecule has 2 rings (SSSR count). The largest absolute Gasteiger partial charge is 0.511 e. The number of carbonyl (C=O) groups is 2. The van der Waals surface area contributed by atoms with E-state index in [0.29, 0.717) is 23.7 Å². The SMILES string of the molecule is CN(CCONO)CCOC(=O)OCOC(=O)C1=Cc2cc(Cl)c(C(C)(C)C)cc2OC1C(F)(F)F. The Labute approximate surface area is 210 Å². The maximum absolute atomic E-state index is 13.7. The number of esters is 1. The lowest BCUT2D eigenvalue weighted by atomic mass is 9.85. The number of carbonyl (C=O) groups excluding carboxylic acids is 2. The lowest BCUT2D eigenvalue weighted by Crippen LogP contribution is -2.41. The van der Waals surface area contributed by atoms with Crippen LogP contribution in [0, 0.1) is 0 Å². The van der Waals surface area contributed by atoms with Crippen molar-refractivity contribution < 1.29 is 51.8 Å². The van der Waals surface area contributed by atoms with Crippen molar-refractivity contribution in [3.63, 3.8) is 0 Å². The van der Waals surface area contributed by atoms with Crippen LogP contribution in [0.4, 0.5) is 18.0 Å². The number of likely N-dealkylation sites (N-methyl/N-ethyl adjacent to an activating group) is 1. The van der Waals surface area contributed by atoms with Gasteiger partial charge in [0.2, 0.25) is 12.9 Å². The third kappa shape index (κ3) is 8.52. The number of hydrogen-bond acceptors (Lipinski definition) is 10. The first-order valence-electron chi connectivity index (χ1n) is 10.7. The van der Waals surface area contributed by atoms with Crippen LogP contribution in [0.1, 0.15) is 31.9 Å². The molecule has 2 N–H and O–H groups in total. The fraction of sp³-hybridized carbons (Fsp3) is 0.545. The monoisotopic (exact) mass is 540 g/mol. The second-order valence-corrected chi connectivity index (χ2v) is 9.20. The molecule has 0 spiro atoms. The van der Waals surface area contributed by atoms with E-state index in [1.165, 1.54) is 17.8 Å². The molecule has 1 unspecified atom stereocenters. The first-order valence-corrected chi connectivity index (χ1v) is 11.1. The Balaban J connectivity index is 1.99. The molecule has 0 radical (unpaired) electrons. The highest BCUT2D eigenvalue weighted by Crippen LogP contribution is 2.42. The minimum absolute atomic E-state index is 0.0767. The number of nitrogens with one attached hydrogen (secondary N) is 1. The Morgan fingerprint density at radius 3 is 2.42 bits per heavy atom. The first kappa shape index (κ1) is 29.6. The van der Waals surface area contributed by atoms with Gasteiger partial charge in [0, 0.05) is 23.7 Å². The summed E-state index contributed by atoms with van der Waals surface area (Å²) in [4.78, 5) is 30.3. The second-order valence-electron chi connectivity index (χ2n) is 8.79. The van der Waals surface area contributed by atoms with E-state index >= 15 is 0 Å². The molecule has 1 aromatic rings. The van der Waals surface area contributed by atoms with Crippen molar-refractivity contribution in [1.82, 2.24) is 10.5 Å². The fourth-order valence-electron chi connectivity index (χ4n) is 3.10. The van der Waals surface area contributed by atoms with Crippen molar-refractivity contribution in [2.75, 3.05) is 40.1 Å². The van der Waals surface area contributed by atoms with Crippen LogP contribution >= 0.6 is 11.6 Å². The highest BCUT2D eigenvalue weighted by molar-refractivity contribution is 6.31. The predicted octanol–water partition coefficient (Wildman–Crippen LogP) is 3.84. The molecule has 1 aromatic carbocycles. The van der Waals surface area contributed by atoms with Crippen LogP contribution in [0.5, 0.6) is 5.75 Å². The number of benzene rings is 1. The first-order chi connectivity index (χ1) is 16.7. The quantitative estimate of drug-likeness (QED) is 0.196. The Morgan fingerprint density at radius 2 is 1.81 bits per heavy atom. The van der Waals surface area contributed by atoms with E-state index in [0.717, 1.165) is 6.08 Å². The normalized spacial score (nSPS) is 15.6. The van der Waals surface area contributed by atoms with Crippen LogP contribution in [0.2, 0.25) is 5.02 Å². The highest BCUT2D eigenvalue weighted by atomic mass is 35.5. The molecule has 202 valence electrons. The van der Waals surface area contributed by atoms with Gasteiger partial charge in [-0.2, -0.15) is 13.2 Å². The van der Waals surface area contributed by atoms with Gasteiger partial charge in [-0.15, -0.1) is 0 Å². The Morgan fingerprint density at radius 1 is 1.14 bits per heavy atom. The van der Waals surface area contributed by atoms with Gasteiger partial charge in [-0.25, -0.2) is 9.59 Å². The van der Waals surface area contributed by atoms with Crippen molar-refractivity contribution in [2.45, 2.75) is 38.5 Å². The molecule has 0 saturated heterocycles. The summed E-state index contributed by atoms with van der Waals surface area (Å²) in [6.45, 7) is 5.35. The fourth-order valence-corrected chi connectivity index (χ4v) is 3.56. The van der Waals surface area contributed by atoms with Gasteiger partial charge in [0.25, 0.3) is 0 Å². The van der Waals surface area contributed by atoms with Gasteiger partial charge in [-0.3, -0.25) is 10.0 Å². The van der Waals surface area contributed by atoms with Gasteiger partial charge in [-0.05, 0) is 36.2 Å². The molecule has 0 bridgehead atoms. The van der Waals surface area contributed by atoms with E-state index < -0.39 is 42.2 Å². The van der Waals surface area contributed by atoms with Crippen molar-refractivity contribution in [3.05, 3.63) is 33.9 Å². The minimum atomic E-state index is -4.92. The highest BCUT2D eigenvalue weighted by Gasteiger charge is 2.49. The number of alkyl halides is 3. The van der Waals surface area contributed by atoms with Crippen LogP contribution in [-0.2, 0) is 29.3 Å². The summed E-state index contributed by atoms with van der Waals surface area (Å²) in [7, 11) is 1.70. The van der Waals surface area contributed by atoms with E-state index in [1.54, 1.807) is 11.9 Å². The predicted molar refractivity (Wildman–Crippen MR) is 120 cm³/mol. The van der Waals surface area contributed by atoms with Crippen LogP contribution in [-0.4, -0.2) is 74.7 Å². The van der Waals surface area contributed by atoms with Gasteiger partial charge in [0.15, 0.2) is 0 Å². The Hall–Kier alpha value is -2.58. The molecule has 36 heavy (non-hydrogen) atoms. The average Bonchev–Trinajstić information content (AvgIpc) is 2.76. The van der Waals surface area contributed by atoms with Crippen molar-refractivity contribution in [2.24, 2.45) is 0 Å². The zero-order valence-corrected chi connectivity index (χ0v) is 20.9.